The Hall–Kier alpha value is -4.51. The number of likely N-dealkylation sites (N-methyl/N-ethyl adjacent to an activating group) is 1. The number of nitrogens with zero attached hydrogens (tertiary/aromatic N) is 5. The number of hydrogen-bond acceptors (Lipinski definition) is 7. The van der Waals surface area contributed by atoms with Crippen LogP contribution in [0.15, 0.2) is 65.6 Å². The van der Waals surface area contributed by atoms with Crippen molar-refractivity contribution in [3.63, 3.8) is 0 Å². The Morgan fingerprint density at radius 3 is 2.19 bits per heavy atom. The second-order valence-electron chi connectivity index (χ2n) is 9.20. The van der Waals surface area contributed by atoms with E-state index >= 15 is 0 Å². The van der Waals surface area contributed by atoms with Gasteiger partial charge in [0.2, 0.25) is 0 Å². The van der Waals surface area contributed by atoms with E-state index in [-0.39, 0.29) is 11.9 Å². The number of rotatable bonds is 4. The Bertz CT molecular complexity index is 1500. The largest absolute Gasteiger partial charge is 0.490 e. The molecule has 1 saturated heterocycles. The molecule has 5 rings (SSSR count). The Morgan fingerprint density at radius 1 is 0.977 bits per heavy atom. The van der Waals surface area contributed by atoms with Crippen molar-refractivity contribution in [2.75, 3.05) is 26.7 Å². The third-order valence-electron chi connectivity index (χ3n) is 6.12. The zero-order chi connectivity index (χ0) is 31.9. The third-order valence-corrected chi connectivity index (χ3v) is 6.12. The Labute approximate surface area is 238 Å². The number of benzene rings is 1. The first-order valence-corrected chi connectivity index (χ1v) is 12.2. The minimum absolute atomic E-state index is 0.160. The van der Waals surface area contributed by atoms with Gasteiger partial charge in [0.25, 0.3) is 0 Å². The molecule has 0 radical (unpaired) electrons. The number of carboxylic acid groups (broad SMARTS) is 2. The summed E-state index contributed by atoms with van der Waals surface area (Å²) in [5.41, 5.74) is 4.86. The molecule has 0 aliphatic carbocycles. The Balaban J connectivity index is 0.000000303. The van der Waals surface area contributed by atoms with Crippen molar-refractivity contribution in [2.45, 2.75) is 24.9 Å². The number of furan rings is 1. The fourth-order valence-electron chi connectivity index (χ4n) is 4.00. The number of halogens is 7. The lowest BCUT2D eigenvalue weighted by Crippen LogP contribution is -2.46. The predicted octanol–water partition coefficient (Wildman–Crippen LogP) is 4.88. The monoisotopic (exact) mass is 619 g/mol. The van der Waals surface area contributed by atoms with E-state index in [1.54, 1.807) is 23.1 Å². The normalized spacial score (nSPS) is 16.1. The van der Waals surface area contributed by atoms with Crippen LogP contribution < -0.4 is 0 Å². The van der Waals surface area contributed by atoms with Crippen LogP contribution in [0.25, 0.3) is 16.6 Å². The summed E-state index contributed by atoms with van der Waals surface area (Å²) < 4.78 is 84.0. The SMILES string of the molecule is CN1CCN(Cc2ccoc2)CC1c1nnn2cc(-c3cccc(F)c3)ccc12.O=C(O)C(F)(F)F.O=C(O)C(F)(F)F. The summed E-state index contributed by atoms with van der Waals surface area (Å²) in [7, 11) is 2.13. The van der Waals surface area contributed by atoms with E-state index < -0.39 is 24.3 Å². The smallest absolute Gasteiger partial charge is 0.475 e. The lowest BCUT2D eigenvalue weighted by molar-refractivity contribution is -0.193. The van der Waals surface area contributed by atoms with Crippen molar-refractivity contribution >= 4 is 17.5 Å². The summed E-state index contributed by atoms with van der Waals surface area (Å²) in [5.74, 6) is -5.76. The van der Waals surface area contributed by atoms with E-state index in [2.05, 4.69) is 27.2 Å². The molecule has 10 nitrogen and oxygen atoms in total. The van der Waals surface area contributed by atoms with Crippen molar-refractivity contribution in [2.24, 2.45) is 0 Å². The molecule has 1 fully saturated rings. The zero-order valence-corrected chi connectivity index (χ0v) is 22.2. The lowest BCUT2D eigenvalue weighted by Gasteiger charge is -2.38. The first-order valence-electron chi connectivity index (χ1n) is 12.2. The lowest BCUT2D eigenvalue weighted by atomic mass is 10.1. The molecule has 1 unspecified atom stereocenters. The second kappa shape index (κ2) is 13.6. The number of aliphatic carboxylic acids is 2. The predicted molar refractivity (Wildman–Crippen MR) is 135 cm³/mol. The summed E-state index contributed by atoms with van der Waals surface area (Å²) in [6.07, 6.45) is -4.74. The van der Waals surface area contributed by atoms with Gasteiger partial charge in [0.05, 0.1) is 24.1 Å². The number of hydrogen-bond donors (Lipinski definition) is 2. The van der Waals surface area contributed by atoms with Gasteiger partial charge in [0.1, 0.15) is 11.5 Å². The maximum absolute atomic E-state index is 13.6. The van der Waals surface area contributed by atoms with Crippen molar-refractivity contribution in [1.29, 1.82) is 0 Å². The molecule has 1 atom stereocenters. The van der Waals surface area contributed by atoms with Gasteiger partial charge in [-0.05, 0) is 36.9 Å². The highest BCUT2D eigenvalue weighted by Gasteiger charge is 2.39. The number of fused-ring (bicyclic) bond motifs is 1. The number of carboxylic acids is 2. The van der Waals surface area contributed by atoms with Gasteiger partial charge >= 0.3 is 24.3 Å². The number of aromatic nitrogens is 3. The maximum atomic E-state index is 13.6. The maximum Gasteiger partial charge on any atom is 0.490 e. The highest BCUT2D eigenvalue weighted by atomic mass is 19.4. The summed E-state index contributed by atoms with van der Waals surface area (Å²) in [4.78, 5) is 22.5. The van der Waals surface area contributed by atoms with Gasteiger partial charge < -0.3 is 14.6 Å². The highest BCUT2D eigenvalue weighted by Crippen LogP contribution is 2.28. The van der Waals surface area contributed by atoms with E-state index in [1.165, 1.54) is 17.7 Å². The minimum atomic E-state index is -5.08. The first-order chi connectivity index (χ1) is 20.1. The molecule has 2 N–H and O–H groups in total. The van der Waals surface area contributed by atoms with Gasteiger partial charge in [-0.25, -0.2) is 18.5 Å². The molecular weight excluding hydrogens is 595 g/mol. The van der Waals surface area contributed by atoms with E-state index in [0.29, 0.717) is 0 Å². The van der Waals surface area contributed by atoms with Crippen LogP contribution in [-0.2, 0) is 16.1 Å². The van der Waals surface area contributed by atoms with E-state index in [9.17, 15) is 30.7 Å². The van der Waals surface area contributed by atoms with Gasteiger partial charge in [-0.1, -0.05) is 23.4 Å². The first kappa shape index (κ1) is 33.0. The molecule has 1 aliphatic heterocycles. The average Bonchev–Trinajstić information content (AvgIpc) is 3.59. The summed E-state index contributed by atoms with van der Waals surface area (Å²) >= 11 is 0. The molecule has 0 saturated carbocycles. The van der Waals surface area contributed by atoms with Crippen LogP contribution in [-0.4, -0.2) is 85.8 Å². The Kier molecular flexibility index (Phi) is 10.5. The molecular formula is C26H24F7N5O5. The summed E-state index contributed by atoms with van der Waals surface area (Å²) in [6, 6.07) is 12.8. The van der Waals surface area contributed by atoms with Crippen LogP contribution >= 0.6 is 0 Å². The quantitative estimate of drug-likeness (QED) is 0.308. The van der Waals surface area contributed by atoms with Crippen molar-refractivity contribution in [1.82, 2.24) is 24.6 Å². The average molecular weight is 619 g/mol. The van der Waals surface area contributed by atoms with Gasteiger partial charge in [0.15, 0.2) is 0 Å². The molecule has 0 spiro atoms. The van der Waals surface area contributed by atoms with E-state index in [1.807, 2.05) is 30.5 Å². The Morgan fingerprint density at radius 2 is 1.63 bits per heavy atom. The fraction of sp³-hybridized carbons (Fsp3) is 0.308. The van der Waals surface area contributed by atoms with Gasteiger partial charge in [-0.2, -0.15) is 26.3 Å². The minimum Gasteiger partial charge on any atom is -0.475 e. The summed E-state index contributed by atoms with van der Waals surface area (Å²) in [5, 5.41) is 23.1. The number of piperazine rings is 1. The molecule has 4 heterocycles. The fourth-order valence-corrected chi connectivity index (χ4v) is 4.00. The third kappa shape index (κ3) is 9.24. The second-order valence-corrected chi connectivity index (χ2v) is 9.20. The van der Waals surface area contributed by atoms with Crippen LogP contribution in [0.3, 0.4) is 0 Å². The molecule has 1 aromatic carbocycles. The molecule has 0 bridgehead atoms. The molecule has 232 valence electrons. The standard InChI is InChI=1S/C22H22FN5O.2C2HF3O2/c1-26-8-9-27(12-16-7-10-29-15-16)14-21(26)22-20-6-5-18(13-28(20)25-24-22)17-3-2-4-19(23)11-17;2*3-2(4,5)1(6)7/h2-7,10-11,13,15,21H,8-9,12,14H2,1H3;2*(H,6,7). The molecule has 17 heteroatoms. The van der Waals surface area contributed by atoms with Gasteiger partial charge in [0, 0.05) is 43.5 Å². The van der Waals surface area contributed by atoms with E-state index in [4.69, 9.17) is 24.2 Å². The molecule has 43 heavy (non-hydrogen) atoms. The zero-order valence-electron chi connectivity index (χ0n) is 22.2. The van der Waals surface area contributed by atoms with Gasteiger partial charge in [-0.3, -0.25) is 9.80 Å². The molecule has 0 amide bonds. The van der Waals surface area contributed by atoms with Crippen molar-refractivity contribution in [3.8, 4) is 11.1 Å². The number of alkyl halides is 6. The van der Waals surface area contributed by atoms with E-state index in [0.717, 1.165) is 48.5 Å². The van der Waals surface area contributed by atoms with Crippen LogP contribution in [0, 0.1) is 5.82 Å². The van der Waals surface area contributed by atoms with Crippen LogP contribution in [0.4, 0.5) is 30.7 Å². The number of pyridine rings is 1. The topological polar surface area (TPSA) is 124 Å². The number of carbonyl (C=O) groups is 2. The van der Waals surface area contributed by atoms with Gasteiger partial charge in [-0.15, -0.1) is 5.10 Å². The van der Waals surface area contributed by atoms with Crippen molar-refractivity contribution < 1.29 is 55.0 Å². The van der Waals surface area contributed by atoms with Crippen LogP contribution in [0.5, 0.6) is 0 Å². The molecule has 3 aromatic heterocycles. The van der Waals surface area contributed by atoms with Crippen molar-refractivity contribution in [3.05, 3.63) is 78.3 Å². The summed E-state index contributed by atoms with van der Waals surface area (Å²) in [6.45, 7) is 3.70. The molecule has 1 aliphatic rings. The highest BCUT2D eigenvalue weighted by molar-refractivity contribution is 5.73. The van der Waals surface area contributed by atoms with Crippen LogP contribution in [0.1, 0.15) is 17.3 Å². The molecule has 4 aromatic rings. The van der Waals surface area contributed by atoms with Crippen LogP contribution in [0.2, 0.25) is 0 Å².